The number of aryl methyl sites for hydroxylation is 3. The van der Waals surface area contributed by atoms with Crippen LogP contribution in [0, 0.1) is 26.7 Å². The highest BCUT2D eigenvalue weighted by Gasteiger charge is 2.34. The minimum absolute atomic E-state index is 0.0660. The fourth-order valence-electron chi connectivity index (χ4n) is 4.47. The standard InChI is InChI=1S/C22H32N2O3S/c1-16-14-17(2)21(18(3)15-16)28(26,27)24-12-10-19(11-13-24)22(25)23-20-8-6-4-5-7-9-20/h6,8,14-15,19-20H,4-5,7,9-13H2,1-3H3,(H,23,25)/t20-/m0/s1. The van der Waals surface area contributed by atoms with Crippen molar-refractivity contribution in [3.8, 4) is 0 Å². The van der Waals surface area contributed by atoms with Crippen molar-refractivity contribution in [1.82, 2.24) is 9.62 Å². The Balaban J connectivity index is 1.64. The average Bonchev–Trinajstić information content (AvgIpc) is 2.89. The van der Waals surface area contributed by atoms with E-state index in [4.69, 9.17) is 0 Å². The molecule has 1 saturated heterocycles. The van der Waals surface area contributed by atoms with E-state index in [1.165, 1.54) is 6.42 Å². The monoisotopic (exact) mass is 404 g/mol. The van der Waals surface area contributed by atoms with Gasteiger partial charge in [-0.05, 0) is 64.0 Å². The molecule has 1 aromatic carbocycles. The quantitative estimate of drug-likeness (QED) is 0.780. The maximum atomic E-state index is 13.2. The number of hydrogen-bond donors (Lipinski definition) is 1. The van der Waals surface area contributed by atoms with Gasteiger partial charge in [-0.25, -0.2) is 8.42 Å². The van der Waals surface area contributed by atoms with Crippen LogP contribution in [0.25, 0.3) is 0 Å². The van der Waals surface area contributed by atoms with Crippen molar-refractivity contribution in [2.45, 2.75) is 70.2 Å². The molecule has 1 aromatic rings. The van der Waals surface area contributed by atoms with E-state index in [0.717, 1.165) is 36.0 Å². The number of carbonyl (C=O) groups is 1. The summed E-state index contributed by atoms with van der Waals surface area (Å²) in [6, 6.07) is 3.95. The van der Waals surface area contributed by atoms with Crippen LogP contribution in [0.4, 0.5) is 0 Å². The fraction of sp³-hybridized carbons (Fsp3) is 0.591. The van der Waals surface area contributed by atoms with Gasteiger partial charge in [0, 0.05) is 25.0 Å². The minimum Gasteiger partial charge on any atom is -0.350 e. The van der Waals surface area contributed by atoms with Crippen molar-refractivity contribution < 1.29 is 13.2 Å². The summed E-state index contributed by atoms with van der Waals surface area (Å²) in [5, 5.41) is 3.14. The van der Waals surface area contributed by atoms with Gasteiger partial charge in [-0.15, -0.1) is 0 Å². The second kappa shape index (κ2) is 8.78. The molecule has 2 aliphatic rings. The van der Waals surface area contributed by atoms with Crippen LogP contribution in [0.1, 0.15) is 55.2 Å². The largest absolute Gasteiger partial charge is 0.350 e. The molecule has 1 atom stereocenters. The van der Waals surface area contributed by atoms with Gasteiger partial charge in [-0.3, -0.25) is 4.79 Å². The molecule has 0 aromatic heterocycles. The van der Waals surface area contributed by atoms with Gasteiger partial charge in [0.05, 0.1) is 4.90 Å². The van der Waals surface area contributed by atoms with Crippen molar-refractivity contribution in [2.75, 3.05) is 13.1 Å². The summed E-state index contributed by atoms with van der Waals surface area (Å²) in [6.45, 7) is 6.48. The summed E-state index contributed by atoms with van der Waals surface area (Å²) in [6.07, 6.45) is 9.78. The van der Waals surface area contributed by atoms with Gasteiger partial charge in [-0.2, -0.15) is 4.31 Å². The van der Waals surface area contributed by atoms with E-state index in [9.17, 15) is 13.2 Å². The Hall–Kier alpha value is -1.66. The molecule has 0 saturated carbocycles. The number of amides is 1. The zero-order valence-electron chi connectivity index (χ0n) is 17.2. The highest BCUT2D eigenvalue weighted by Crippen LogP contribution is 2.29. The Kier molecular flexibility index (Phi) is 6.61. The molecule has 0 radical (unpaired) electrons. The van der Waals surface area contributed by atoms with E-state index >= 15 is 0 Å². The van der Waals surface area contributed by atoms with Crippen LogP contribution in [0.2, 0.25) is 0 Å². The second-order valence-electron chi connectivity index (χ2n) is 8.23. The number of piperidine rings is 1. The van der Waals surface area contributed by atoms with Crippen LogP contribution >= 0.6 is 0 Å². The molecule has 28 heavy (non-hydrogen) atoms. The summed E-state index contributed by atoms with van der Waals surface area (Å²) in [5.41, 5.74) is 2.65. The van der Waals surface area contributed by atoms with E-state index in [1.807, 2.05) is 32.9 Å². The van der Waals surface area contributed by atoms with Crippen LogP contribution in [-0.4, -0.2) is 37.8 Å². The summed E-state index contributed by atoms with van der Waals surface area (Å²) < 4.78 is 27.9. The fourth-order valence-corrected chi connectivity index (χ4v) is 6.35. The lowest BCUT2D eigenvalue weighted by Crippen LogP contribution is -2.45. The van der Waals surface area contributed by atoms with Gasteiger partial charge in [0.2, 0.25) is 15.9 Å². The van der Waals surface area contributed by atoms with E-state index in [-0.39, 0.29) is 17.9 Å². The number of hydrogen-bond acceptors (Lipinski definition) is 3. The summed E-state index contributed by atoms with van der Waals surface area (Å²) >= 11 is 0. The SMILES string of the molecule is Cc1cc(C)c(S(=O)(=O)N2CCC(C(=O)N[C@H]3C=CCCCC3)CC2)c(C)c1. The molecule has 1 fully saturated rings. The molecule has 1 amide bonds. The van der Waals surface area contributed by atoms with Crippen molar-refractivity contribution in [1.29, 1.82) is 0 Å². The summed E-state index contributed by atoms with van der Waals surface area (Å²) in [5.74, 6) is -0.0420. The topological polar surface area (TPSA) is 66.5 Å². The van der Waals surface area contributed by atoms with Gasteiger partial charge >= 0.3 is 0 Å². The number of nitrogens with one attached hydrogen (secondary N) is 1. The number of nitrogens with zero attached hydrogens (tertiary/aromatic N) is 1. The van der Waals surface area contributed by atoms with Crippen molar-refractivity contribution in [2.24, 2.45) is 5.92 Å². The Morgan fingerprint density at radius 1 is 1.04 bits per heavy atom. The maximum Gasteiger partial charge on any atom is 0.243 e. The average molecular weight is 405 g/mol. The number of carbonyl (C=O) groups excluding carboxylic acids is 1. The van der Waals surface area contributed by atoms with E-state index in [1.54, 1.807) is 4.31 Å². The predicted octanol–water partition coefficient (Wildman–Crippen LogP) is 3.63. The van der Waals surface area contributed by atoms with Crippen LogP contribution in [0.3, 0.4) is 0 Å². The van der Waals surface area contributed by atoms with E-state index < -0.39 is 10.0 Å². The molecule has 0 unspecified atom stereocenters. The molecule has 1 aliphatic heterocycles. The Labute approximate surface area is 169 Å². The second-order valence-corrected chi connectivity index (χ2v) is 10.1. The first kappa shape index (κ1) is 21.1. The summed E-state index contributed by atoms with van der Waals surface area (Å²) in [4.78, 5) is 13.1. The third-order valence-corrected chi connectivity index (χ3v) is 8.06. The third-order valence-electron chi connectivity index (χ3n) is 5.86. The molecule has 1 heterocycles. The molecule has 1 aliphatic carbocycles. The first-order chi connectivity index (χ1) is 13.3. The molecule has 1 N–H and O–H groups in total. The molecule has 3 rings (SSSR count). The van der Waals surface area contributed by atoms with Gasteiger partial charge in [0.1, 0.15) is 0 Å². The molecular weight excluding hydrogens is 372 g/mol. The zero-order chi connectivity index (χ0) is 20.3. The number of benzene rings is 1. The van der Waals surface area contributed by atoms with Crippen LogP contribution in [-0.2, 0) is 14.8 Å². The highest BCUT2D eigenvalue weighted by atomic mass is 32.2. The number of rotatable bonds is 4. The van der Waals surface area contributed by atoms with Crippen molar-refractivity contribution in [3.05, 3.63) is 41.0 Å². The van der Waals surface area contributed by atoms with E-state index in [0.29, 0.717) is 30.8 Å². The lowest BCUT2D eigenvalue weighted by atomic mass is 9.96. The molecule has 0 bridgehead atoms. The van der Waals surface area contributed by atoms with Crippen LogP contribution in [0.5, 0.6) is 0 Å². The molecule has 0 spiro atoms. The molecule has 6 heteroatoms. The summed E-state index contributed by atoms with van der Waals surface area (Å²) in [7, 11) is -3.53. The molecule has 5 nitrogen and oxygen atoms in total. The number of allylic oxidation sites excluding steroid dienone is 1. The Bertz CT molecular complexity index is 830. The smallest absolute Gasteiger partial charge is 0.243 e. The first-order valence-electron chi connectivity index (χ1n) is 10.3. The van der Waals surface area contributed by atoms with Gasteiger partial charge < -0.3 is 5.32 Å². The lowest BCUT2D eigenvalue weighted by Gasteiger charge is -2.32. The Morgan fingerprint density at radius 3 is 2.32 bits per heavy atom. The van der Waals surface area contributed by atoms with E-state index in [2.05, 4.69) is 17.5 Å². The lowest BCUT2D eigenvalue weighted by molar-refractivity contribution is -0.126. The molecule has 154 valence electrons. The number of sulfonamides is 1. The Morgan fingerprint density at radius 2 is 1.68 bits per heavy atom. The zero-order valence-corrected chi connectivity index (χ0v) is 18.0. The third kappa shape index (κ3) is 4.66. The van der Waals surface area contributed by atoms with Gasteiger partial charge in [0.25, 0.3) is 0 Å². The first-order valence-corrected chi connectivity index (χ1v) is 11.8. The van der Waals surface area contributed by atoms with Gasteiger partial charge in [-0.1, -0.05) is 36.3 Å². The minimum atomic E-state index is -3.53. The van der Waals surface area contributed by atoms with Crippen LogP contribution in [0.15, 0.2) is 29.2 Å². The van der Waals surface area contributed by atoms with Crippen molar-refractivity contribution >= 4 is 15.9 Å². The van der Waals surface area contributed by atoms with Crippen molar-refractivity contribution in [3.63, 3.8) is 0 Å². The highest BCUT2D eigenvalue weighted by molar-refractivity contribution is 7.89. The van der Waals surface area contributed by atoms with Gasteiger partial charge in [0.15, 0.2) is 0 Å². The van der Waals surface area contributed by atoms with Crippen LogP contribution < -0.4 is 5.32 Å². The predicted molar refractivity (Wildman–Crippen MR) is 112 cm³/mol. The molecular formula is C22H32N2O3S. The maximum absolute atomic E-state index is 13.2. The normalized spacial score (nSPS) is 22.0.